The molecule has 0 saturated heterocycles. The van der Waals surface area contributed by atoms with Crippen molar-refractivity contribution in [2.45, 2.75) is 106 Å². The van der Waals surface area contributed by atoms with Gasteiger partial charge in [0.05, 0.1) is 7.11 Å². The molecule has 0 amide bonds. The lowest BCUT2D eigenvalue weighted by Gasteiger charge is -2.30. The topological polar surface area (TPSA) is 151 Å². The fourth-order valence-corrected chi connectivity index (χ4v) is 10.4. The van der Waals surface area contributed by atoms with Crippen LogP contribution in [0.25, 0.3) is 0 Å². The van der Waals surface area contributed by atoms with Gasteiger partial charge in [-0.25, -0.2) is 0 Å². The van der Waals surface area contributed by atoms with Crippen molar-refractivity contribution >= 4 is 0 Å². The summed E-state index contributed by atoms with van der Waals surface area (Å²) >= 11 is 0. The molecule has 0 radical (unpaired) electrons. The second kappa shape index (κ2) is 24.3. The van der Waals surface area contributed by atoms with Crippen LogP contribution in [-0.2, 0) is 12.8 Å². The lowest BCUT2D eigenvalue weighted by Crippen LogP contribution is -2.14. The largest absolute Gasteiger partial charge is 0.507 e. The van der Waals surface area contributed by atoms with Crippen molar-refractivity contribution in [1.29, 1.82) is 0 Å². The molecule has 1 aliphatic carbocycles. The van der Waals surface area contributed by atoms with Gasteiger partial charge >= 0.3 is 0 Å². The molecule has 7 N–H and O–H groups in total. The van der Waals surface area contributed by atoms with Gasteiger partial charge in [-0.3, -0.25) is 0 Å². The number of hydrogen-bond acceptors (Lipinski definition) is 8. The average Bonchev–Trinajstić information content (AvgIpc) is 3.39. The van der Waals surface area contributed by atoms with E-state index in [1.807, 2.05) is 127 Å². The maximum Gasteiger partial charge on any atom is 0.126 e. The SMILES string of the molecule is C=C/C(=C\C(C)C=C(C)C)C1c2cc(c(O)cc2O)C(c2ccc(CC)cc2)c2cc(c(O)cc2O)C(c2ccc(CC)cc2)c2cc(c(O)cc2O)C(c2ccc(C)cc2)c2cc1c(OC)cc2O.CC.CC. The van der Waals surface area contributed by atoms with E-state index in [2.05, 4.69) is 39.5 Å². The van der Waals surface area contributed by atoms with E-state index in [-0.39, 0.29) is 46.2 Å². The smallest absolute Gasteiger partial charge is 0.126 e. The lowest BCUT2D eigenvalue weighted by atomic mass is 9.74. The maximum absolute atomic E-state index is 12.3. The quantitative estimate of drug-likeness (QED) is 0.0529. The van der Waals surface area contributed by atoms with Crippen molar-refractivity contribution in [3.05, 3.63) is 235 Å². The second-order valence-corrected chi connectivity index (χ2v) is 18.9. The minimum atomic E-state index is -0.894. The number of fused-ring (bicyclic) bond motifs is 8. The molecule has 386 valence electrons. The fraction of sp³-hybridized carbons (Fsp3) is 0.273. The Balaban J connectivity index is 0.00000218. The third kappa shape index (κ3) is 11.4. The van der Waals surface area contributed by atoms with Crippen LogP contribution in [0.3, 0.4) is 0 Å². The number of hydrogen-bond donors (Lipinski definition) is 7. The minimum Gasteiger partial charge on any atom is -0.507 e. The van der Waals surface area contributed by atoms with Crippen LogP contribution >= 0.6 is 0 Å². The van der Waals surface area contributed by atoms with Gasteiger partial charge in [-0.15, -0.1) is 0 Å². The number of allylic oxidation sites excluding steroid dienone is 5. The highest BCUT2D eigenvalue weighted by Gasteiger charge is 2.35. The molecule has 1 aliphatic rings. The van der Waals surface area contributed by atoms with Crippen LogP contribution in [0.5, 0.6) is 46.0 Å². The van der Waals surface area contributed by atoms with Crippen LogP contribution in [0.1, 0.15) is 164 Å². The predicted molar refractivity (Wildman–Crippen MR) is 301 cm³/mol. The Morgan fingerprint density at radius 1 is 0.486 bits per heavy atom. The third-order valence-electron chi connectivity index (χ3n) is 13.9. The van der Waals surface area contributed by atoms with Crippen molar-refractivity contribution in [1.82, 2.24) is 0 Å². The fourth-order valence-electron chi connectivity index (χ4n) is 10.4. The van der Waals surface area contributed by atoms with E-state index in [0.29, 0.717) is 72.5 Å². The number of benzene rings is 7. The van der Waals surface area contributed by atoms with E-state index in [1.165, 1.54) is 31.4 Å². The molecule has 74 heavy (non-hydrogen) atoms. The van der Waals surface area contributed by atoms with Crippen LogP contribution in [0.4, 0.5) is 0 Å². The Morgan fingerprint density at radius 3 is 1.15 bits per heavy atom. The Kier molecular flexibility index (Phi) is 18.2. The Labute approximate surface area is 438 Å². The van der Waals surface area contributed by atoms with Crippen LogP contribution in [0, 0.1) is 12.8 Å². The van der Waals surface area contributed by atoms with Gasteiger partial charge in [0.15, 0.2) is 0 Å². The Hall–Kier alpha value is -7.84. The first-order valence-corrected chi connectivity index (χ1v) is 25.9. The molecule has 7 aromatic rings. The second-order valence-electron chi connectivity index (χ2n) is 18.9. The first-order chi connectivity index (χ1) is 35.5. The monoisotopic (exact) mass is 995 g/mol. The zero-order chi connectivity index (χ0) is 54.1. The molecule has 0 fully saturated rings. The van der Waals surface area contributed by atoms with Gasteiger partial charge in [-0.2, -0.15) is 0 Å². The molecule has 0 saturated carbocycles. The third-order valence-corrected chi connectivity index (χ3v) is 13.9. The molecule has 5 unspecified atom stereocenters. The van der Waals surface area contributed by atoms with E-state index in [4.69, 9.17) is 4.74 Å². The summed E-state index contributed by atoms with van der Waals surface area (Å²) in [5.74, 6) is -4.91. The summed E-state index contributed by atoms with van der Waals surface area (Å²) in [5, 5.41) is 85.5. The van der Waals surface area contributed by atoms with Gasteiger partial charge in [0.2, 0.25) is 0 Å². The van der Waals surface area contributed by atoms with Gasteiger partial charge < -0.3 is 40.5 Å². The van der Waals surface area contributed by atoms with E-state index >= 15 is 0 Å². The molecule has 5 atom stereocenters. The number of phenols is 7. The van der Waals surface area contributed by atoms with Crippen LogP contribution in [0.2, 0.25) is 0 Å². The summed E-state index contributed by atoms with van der Waals surface area (Å²) in [6, 6.07) is 36.0. The predicted octanol–water partition coefficient (Wildman–Crippen LogP) is 15.8. The van der Waals surface area contributed by atoms with Crippen LogP contribution in [0.15, 0.2) is 157 Å². The van der Waals surface area contributed by atoms with Crippen LogP contribution < -0.4 is 4.74 Å². The zero-order valence-electron chi connectivity index (χ0n) is 44.8. The molecule has 8 rings (SSSR count). The summed E-state index contributed by atoms with van der Waals surface area (Å²) in [4.78, 5) is 0. The standard InChI is InChI=1S/C62H62O8.2C2H6/c1-9-37-14-20-41(21-15-37)61-44-26-43(51(63)30-52(44)64)59(39(11-3)25-36(7)24-34(4)5)50-29-49(57(69)33-58(50)70-8)60(40-18-12-35(6)13-19-40)45-27-46(54(66)31-53(45)65)62(42-22-16-38(10-2)17-23-42)48-28-47(61)55(67)32-56(48)68;2*1-2/h11-33,36,59-69H,3,9-10H2,1-2,4-8H3;2*1-2H3/b39-25+;;. The average molecular weight is 995 g/mol. The summed E-state index contributed by atoms with van der Waals surface area (Å²) in [5.41, 5.74) is 10.0. The van der Waals surface area contributed by atoms with E-state index < -0.39 is 23.7 Å². The van der Waals surface area contributed by atoms with Gasteiger partial charge in [0.1, 0.15) is 46.0 Å². The van der Waals surface area contributed by atoms with E-state index in [1.54, 1.807) is 24.3 Å². The first-order valence-electron chi connectivity index (χ1n) is 25.9. The number of phenolic OH excluding ortho intramolecular Hbond substituents is 7. The minimum absolute atomic E-state index is 0.101. The molecular weight excluding hydrogens is 921 g/mol. The number of rotatable bonds is 10. The molecule has 0 spiro atoms. The Morgan fingerprint density at radius 2 is 0.811 bits per heavy atom. The molecule has 0 heterocycles. The van der Waals surface area contributed by atoms with Crippen molar-refractivity contribution in [2.24, 2.45) is 5.92 Å². The molecular formula is C66H74O8. The van der Waals surface area contributed by atoms with Gasteiger partial charge in [0, 0.05) is 92.4 Å². The normalized spacial score (nSPS) is 16.3. The van der Waals surface area contributed by atoms with E-state index in [9.17, 15) is 35.7 Å². The number of aromatic hydroxyl groups is 7. The summed E-state index contributed by atoms with van der Waals surface area (Å²) < 4.78 is 6.13. The number of aryl methyl sites for hydroxylation is 3. The van der Waals surface area contributed by atoms with Crippen molar-refractivity contribution < 1.29 is 40.5 Å². The van der Waals surface area contributed by atoms with Gasteiger partial charge in [0.25, 0.3) is 0 Å². The lowest BCUT2D eigenvalue weighted by molar-refractivity contribution is 0.399. The molecule has 8 nitrogen and oxygen atoms in total. The number of methoxy groups -OCH3 is 1. The summed E-state index contributed by atoms with van der Waals surface area (Å²) in [7, 11) is 1.51. The number of ether oxygens (including phenoxy) is 1. The van der Waals surface area contributed by atoms with Gasteiger partial charge in [-0.05, 0) is 97.2 Å². The summed E-state index contributed by atoms with van der Waals surface area (Å²) in [6.07, 6.45) is 7.46. The molecule has 8 bridgehead atoms. The molecule has 8 heteroatoms. The molecule has 0 aliphatic heterocycles. The summed E-state index contributed by atoms with van der Waals surface area (Å²) in [6.45, 7) is 24.5. The van der Waals surface area contributed by atoms with Crippen molar-refractivity contribution in [3.8, 4) is 46.0 Å². The maximum atomic E-state index is 12.3. The highest BCUT2D eigenvalue weighted by atomic mass is 16.5. The Bertz CT molecular complexity index is 3130. The molecule has 7 aromatic carbocycles. The first kappa shape index (κ1) is 55.5. The van der Waals surface area contributed by atoms with Crippen molar-refractivity contribution in [2.75, 3.05) is 7.11 Å². The van der Waals surface area contributed by atoms with E-state index in [0.717, 1.165) is 35.1 Å². The van der Waals surface area contributed by atoms with Crippen molar-refractivity contribution in [3.63, 3.8) is 0 Å². The zero-order valence-corrected chi connectivity index (χ0v) is 44.8. The molecule has 0 aromatic heterocycles. The highest BCUT2D eigenvalue weighted by Crippen LogP contribution is 2.54. The highest BCUT2D eigenvalue weighted by molar-refractivity contribution is 5.67. The van der Waals surface area contributed by atoms with Gasteiger partial charge in [-0.1, -0.05) is 157 Å². The van der Waals surface area contributed by atoms with Crippen LogP contribution in [-0.4, -0.2) is 42.9 Å².